The van der Waals surface area contributed by atoms with E-state index in [1.165, 1.54) is 23.9 Å². The molecule has 0 bridgehead atoms. The van der Waals surface area contributed by atoms with Gasteiger partial charge in [-0.3, -0.25) is 14.2 Å². The molecule has 1 aliphatic rings. The van der Waals surface area contributed by atoms with Crippen LogP contribution in [0.3, 0.4) is 0 Å². The van der Waals surface area contributed by atoms with Crippen molar-refractivity contribution < 1.29 is 13.9 Å². The smallest absolute Gasteiger partial charge is 0.262 e. The number of nitrogens with zero attached hydrogens (tertiary/aromatic N) is 2. The maximum absolute atomic E-state index is 13.5. The average molecular weight is 428 g/mol. The van der Waals surface area contributed by atoms with E-state index in [9.17, 15) is 14.0 Å². The summed E-state index contributed by atoms with van der Waals surface area (Å²) < 4.78 is 20.8. The summed E-state index contributed by atoms with van der Waals surface area (Å²) in [4.78, 5) is 30.1. The third-order valence-corrected chi connectivity index (χ3v) is 6.02. The number of para-hydroxylation sites is 1. The number of carbonyl (C=O) groups excluding carboxylic acids is 1. The first kappa shape index (κ1) is 20.6. The average Bonchev–Trinajstić information content (AvgIpc) is 3.25. The largest absolute Gasteiger partial charge is 0.376 e. The van der Waals surface area contributed by atoms with Crippen LogP contribution in [0.4, 0.5) is 10.1 Å². The van der Waals surface area contributed by atoms with Crippen LogP contribution in [0.2, 0.25) is 0 Å². The quantitative estimate of drug-likeness (QED) is 0.479. The fourth-order valence-electron chi connectivity index (χ4n) is 3.46. The molecule has 2 heterocycles. The summed E-state index contributed by atoms with van der Waals surface area (Å²) in [7, 11) is 0. The molecule has 4 rings (SSSR count). The number of hydrogen-bond donors (Lipinski definition) is 1. The highest BCUT2D eigenvalue weighted by atomic mass is 32.2. The monoisotopic (exact) mass is 427 g/mol. The molecule has 2 aromatic carbocycles. The van der Waals surface area contributed by atoms with Gasteiger partial charge in [0.05, 0.1) is 29.3 Å². The molecule has 0 aliphatic carbocycles. The first-order valence-electron chi connectivity index (χ1n) is 9.81. The lowest BCUT2D eigenvalue weighted by atomic mass is 10.2. The van der Waals surface area contributed by atoms with E-state index < -0.39 is 5.82 Å². The third-order valence-electron chi connectivity index (χ3n) is 5.04. The van der Waals surface area contributed by atoms with Gasteiger partial charge in [0, 0.05) is 12.3 Å². The molecule has 1 atom stereocenters. The van der Waals surface area contributed by atoms with E-state index in [-0.39, 0.29) is 23.3 Å². The molecule has 1 amide bonds. The van der Waals surface area contributed by atoms with Crippen LogP contribution in [-0.4, -0.2) is 33.9 Å². The predicted octanol–water partition coefficient (Wildman–Crippen LogP) is 3.75. The Morgan fingerprint density at radius 2 is 2.17 bits per heavy atom. The Bertz CT molecular complexity index is 1140. The van der Waals surface area contributed by atoms with Crippen LogP contribution in [0.1, 0.15) is 18.4 Å². The number of hydrogen-bond acceptors (Lipinski definition) is 5. The molecular weight excluding hydrogens is 405 g/mol. The topological polar surface area (TPSA) is 73.2 Å². The summed E-state index contributed by atoms with van der Waals surface area (Å²) in [6.07, 6.45) is 1.83. The van der Waals surface area contributed by atoms with Gasteiger partial charge in [0.2, 0.25) is 5.91 Å². The van der Waals surface area contributed by atoms with Crippen LogP contribution in [0.15, 0.2) is 52.4 Å². The predicted molar refractivity (Wildman–Crippen MR) is 115 cm³/mol. The van der Waals surface area contributed by atoms with Crippen molar-refractivity contribution in [2.75, 3.05) is 17.7 Å². The summed E-state index contributed by atoms with van der Waals surface area (Å²) in [6.45, 7) is 2.90. The van der Waals surface area contributed by atoms with Gasteiger partial charge in [0.25, 0.3) is 5.56 Å². The Morgan fingerprint density at radius 3 is 2.97 bits per heavy atom. The van der Waals surface area contributed by atoms with Crippen molar-refractivity contribution in [2.24, 2.45) is 0 Å². The van der Waals surface area contributed by atoms with Crippen LogP contribution in [0, 0.1) is 12.7 Å². The summed E-state index contributed by atoms with van der Waals surface area (Å²) in [6, 6.07) is 11.4. The number of fused-ring (bicyclic) bond motifs is 1. The first-order chi connectivity index (χ1) is 14.5. The molecule has 1 saturated heterocycles. The lowest BCUT2D eigenvalue weighted by Gasteiger charge is -2.16. The second-order valence-corrected chi connectivity index (χ2v) is 8.20. The van der Waals surface area contributed by atoms with Gasteiger partial charge in [-0.05, 0) is 49.6 Å². The molecule has 156 valence electrons. The highest BCUT2D eigenvalue weighted by molar-refractivity contribution is 7.99. The van der Waals surface area contributed by atoms with E-state index in [4.69, 9.17) is 4.74 Å². The molecule has 1 unspecified atom stereocenters. The van der Waals surface area contributed by atoms with Crippen molar-refractivity contribution in [3.05, 3.63) is 64.2 Å². The Hall–Kier alpha value is -2.71. The van der Waals surface area contributed by atoms with E-state index >= 15 is 0 Å². The van der Waals surface area contributed by atoms with Gasteiger partial charge in [-0.15, -0.1) is 0 Å². The molecule has 1 aliphatic heterocycles. The zero-order valence-corrected chi connectivity index (χ0v) is 17.4. The lowest BCUT2D eigenvalue weighted by Crippen LogP contribution is -2.29. The summed E-state index contributed by atoms with van der Waals surface area (Å²) in [5.41, 5.74) is 1.66. The number of rotatable bonds is 6. The molecule has 8 heteroatoms. The fourth-order valence-corrected chi connectivity index (χ4v) is 4.26. The van der Waals surface area contributed by atoms with Crippen LogP contribution in [0.25, 0.3) is 10.9 Å². The van der Waals surface area contributed by atoms with Crippen LogP contribution < -0.4 is 10.9 Å². The van der Waals surface area contributed by atoms with Gasteiger partial charge in [0.1, 0.15) is 5.82 Å². The highest BCUT2D eigenvalue weighted by Crippen LogP contribution is 2.22. The SMILES string of the molecule is Cc1ccc(F)cc1NC(=O)CSc1nc2ccccc2c(=O)n1CC1CCCO1. The van der Waals surface area contributed by atoms with Crippen LogP contribution >= 0.6 is 11.8 Å². The van der Waals surface area contributed by atoms with E-state index in [1.54, 1.807) is 29.7 Å². The maximum atomic E-state index is 13.5. The Kier molecular flexibility index (Phi) is 6.15. The minimum absolute atomic E-state index is 0.0335. The zero-order valence-electron chi connectivity index (χ0n) is 16.6. The van der Waals surface area contributed by atoms with Crippen LogP contribution in [0.5, 0.6) is 0 Å². The number of nitrogens with one attached hydrogen (secondary N) is 1. The molecule has 6 nitrogen and oxygen atoms in total. The van der Waals surface area contributed by atoms with Crippen molar-refractivity contribution in [3.8, 4) is 0 Å². The lowest BCUT2D eigenvalue weighted by molar-refractivity contribution is -0.113. The molecule has 1 fully saturated rings. The summed E-state index contributed by atoms with van der Waals surface area (Å²) >= 11 is 1.19. The van der Waals surface area contributed by atoms with E-state index in [1.807, 2.05) is 12.1 Å². The number of aryl methyl sites for hydroxylation is 1. The zero-order chi connectivity index (χ0) is 21.1. The third kappa shape index (κ3) is 4.55. The molecule has 0 radical (unpaired) electrons. The molecule has 3 aromatic rings. The normalized spacial score (nSPS) is 16.1. The van der Waals surface area contributed by atoms with Gasteiger partial charge >= 0.3 is 0 Å². The number of ether oxygens (including phenoxy) is 1. The standard InChI is InChI=1S/C22H22FN3O3S/c1-14-8-9-15(23)11-19(14)24-20(27)13-30-22-25-18-7-3-2-6-17(18)21(28)26(22)12-16-5-4-10-29-16/h2-3,6-9,11,16H,4-5,10,12-13H2,1H3,(H,24,27). The number of anilines is 1. The maximum Gasteiger partial charge on any atom is 0.262 e. The minimum atomic E-state index is -0.412. The second kappa shape index (κ2) is 8.97. The summed E-state index contributed by atoms with van der Waals surface area (Å²) in [5.74, 6) is -0.656. The van der Waals surface area contributed by atoms with Gasteiger partial charge in [-0.1, -0.05) is 30.0 Å². The Balaban J connectivity index is 1.56. The van der Waals surface area contributed by atoms with Gasteiger partial charge in [-0.25, -0.2) is 9.37 Å². The first-order valence-corrected chi connectivity index (χ1v) is 10.8. The number of benzene rings is 2. The second-order valence-electron chi connectivity index (χ2n) is 7.26. The number of thioether (sulfide) groups is 1. The van der Waals surface area contributed by atoms with Crippen molar-refractivity contribution in [3.63, 3.8) is 0 Å². The van der Waals surface area contributed by atoms with E-state index in [0.29, 0.717) is 34.9 Å². The van der Waals surface area contributed by atoms with E-state index in [0.717, 1.165) is 18.4 Å². The molecule has 30 heavy (non-hydrogen) atoms. The number of aromatic nitrogens is 2. The van der Waals surface area contributed by atoms with Crippen LogP contribution in [-0.2, 0) is 16.1 Å². The fraction of sp³-hybridized carbons (Fsp3) is 0.318. The number of halogens is 1. The van der Waals surface area contributed by atoms with Crippen molar-refractivity contribution in [1.29, 1.82) is 0 Å². The van der Waals surface area contributed by atoms with Crippen molar-refractivity contribution >= 4 is 34.3 Å². The van der Waals surface area contributed by atoms with Crippen molar-refractivity contribution in [1.82, 2.24) is 9.55 Å². The van der Waals surface area contributed by atoms with Gasteiger partial charge < -0.3 is 10.1 Å². The van der Waals surface area contributed by atoms with Gasteiger partial charge in [0.15, 0.2) is 5.16 Å². The molecule has 0 saturated carbocycles. The number of carbonyl (C=O) groups is 1. The van der Waals surface area contributed by atoms with E-state index in [2.05, 4.69) is 10.3 Å². The summed E-state index contributed by atoms with van der Waals surface area (Å²) in [5, 5.41) is 3.74. The Labute approximate surface area is 177 Å². The number of amides is 1. The molecular formula is C22H22FN3O3S. The molecule has 1 aromatic heterocycles. The Morgan fingerprint density at radius 1 is 1.33 bits per heavy atom. The molecule has 1 N–H and O–H groups in total. The van der Waals surface area contributed by atoms with Crippen molar-refractivity contribution in [2.45, 2.75) is 37.6 Å². The van der Waals surface area contributed by atoms with Gasteiger partial charge in [-0.2, -0.15) is 0 Å². The highest BCUT2D eigenvalue weighted by Gasteiger charge is 2.20. The minimum Gasteiger partial charge on any atom is -0.376 e. The molecule has 0 spiro atoms.